The molecule has 0 spiro atoms. The van der Waals surface area contributed by atoms with Gasteiger partial charge >= 0.3 is 0 Å². The first kappa shape index (κ1) is 25.6. The van der Waals surface area contributed by atoms with Crippen LogP contribution >= 0.6 is 0 Å². The maximum absolute atomic E-state index is 13.7. The monoisotopic (exact) mass is 527 g/mol. The Balaban J connectivity index is 1.38. The molecular formula is C30H37N7O2. The maximum Gasteiger partial charge on any atom is 0.253 e. The Kier molecular flexibility index (Phi) is 7.08. The lowest BCUT2D eigenvalue weighted by atomic mass is 9.95. The molecule has 3 heterocycles. The third-order valence-electron chi connectivity index (χ3n) is 8.42. The molecule has 204 valence electrons. The number of aryl methyl sites for hydroxylation is 2. The van der Waals surface area contributed by atoms with Crippen molar-refractivity contribution in [1.29, 1.82) is 0 Å². The van der Waals surface area contributed by atoms with E-state index in [0.717, 1.165) is 67.1 Å². The molecule has 0 bridgehead atoms. The fraction of sp³-hybridized carbons (Fsp3) is 0.467. The summed E-state index contributed by atoms with van der Waals surface area (Å²) < 4.78 is 7.35. The molecule has 1 atom stereocenters. The van der Waals surface area contributed by atoms with Crippen LogP contribution in [0.3, 0.4) is 0 Å². The zero-order chi connectivity index (χ0) is 26.9. The number of nitrogens with zero attached hydrogens (tertiary/aromatic N) is 6. The van der Waals surface area contributed by atoms with Gasteiger partial charge in [0.2, 0.25) is 0 Å². The molecule has 2 aromatic carbocycles. The number of benzene rings is 2. The number of hydrogen-bond donors (Lipinski definition) is 1. The van der Waals surface area contributed by atoms with E-state index >= 15 is 0 Å². The molecule has 2 aliphatic rings. The molecule has 2 fully saturated rings. The molecule has 1 saturated carbocycles. The fourth-order valence-corrected chi connectivity index (χ4v) is 6.40. The summed E-state index contributed by atoms with van der Waals surface area (Å²) in [7, 11) is 1.69. The average molecular weight is 528 g/mol. The summed E-state index contributed by atoms with van der Waals surface area (Å²) in [5.41, 5.74) is 4.95. The van der Waals surface area contributed by atoms with Gasteiger partial charge in [-0.2, -0.15) is 0 Å². The molecule has 1 aliphatic heterocycles. The van der Waals surface area contributed by atoms with Crippen molar-refractivity contribution in [1.82, 2.24) is 30.1 Å². The molecule has 1 unspecified atom stereocenters. The van der Waals surface area contributed by atoms with Crippen LogP contribution in [-0.2, 0) is 0 Å². The van der Waals surface area contributed by atoms with Crippen molar-refractivity contribution >= 4 is 16.6 Å². The Bertz CT molecular complexity index is 1500. The lowest BCUT2D eigenvalue weighted by Crippen LogP contribution is -2.49. The van der Waals surface area contributed by atoms with Gasteiger partial charge in [-0.1, -0.05) is 30.9 Å². The number of ether oxygens (including phenoxy) is 1. The van der Waals surface area contributed by atoms with Crippen molar-refractivity contribution in [3.8, 4) is 5.75 Å². The Hall–Kier alpha value is -3.72. The highest BCUT2D eigenvalue weighted by Gasteiger charge is 2.34. The topological polar surface area (TPSA) is 92.2 Å². The molecule has 6 rings (SSSR count). The molecule has 0 amide bonds. The minimum absolute atomic E-state index is 0.0739. The molecule has 9 nitrogen and oxygen atoms in total. The Labute approximate surface area is 228 Å². The molecular weight excluding hydrogens is 490 g/mol. The summed E-state index contributed by atoms with van der Waals surface area (Å²) in [5.74, 6) is 1.63. The second kappa shape index (κ2) is 10.8. The van der Waals surface area contributed by atoms with Gasteiger partial charge in [-0.25, -0.2) is 4.68 Å². The van der Waals surface area contributed by atoms with Crippen LogP contribution in [0, 0.1) is 13.8 Å². The Morgan fingerprint density at radius 3 is 2.44 bits per heavy atom. The van der Waals surface area contributed by atoms with E-state index in [-0.39, 0.29) is 17.6 Å². The second-order valence-electron chi connectivity index (χ2n) is 11.0. The number of rotatable bonds is 6. The zero-order valence-electron chi connectivity index (χ0n) is 23.1. The number of piperazine rings is 1. The molecule has 9 heteroatoms. The molecule has 1 aliphatic carbocycles. The minimum Gasteiger partial charge on any atom is -0.497 e. The van der Waals surface area contributed by atoms with Gasteiger partial charge in [-0.15, -0.1) is 5.10 Å². The van der Waals surface area contributed by atoms with Gasteiger partial charge in [-0.3, -0.25) is 9.69 Å². The lowest BCUT2D eigenvalue weighted by Gasteiger charge is -2.40. The number of nitrogens with one attached hydrogen (secondary N) is 1. The van der Waals surface area contributed by atoms with Crippen LogP contribution in [0.1, 0.15) is 66.7 Å². The number of aromatic nitrogens is 5. The van der Waals surface area contributed by atoms with Crippen molar-refractivity contribution in [3.05, 3.63) is 75.3 Å². The molecule has 1 saturated heterocycles. The smallest absolute Gasteiger partial charge is 0.253 e. The summed E-state index contributed by atoms with van der Waals surface area (Å²) in [6.45, 7) is 7.41. The summed E-state index contributed by atoms with van der Waals surface area (Å²) in [5, 5.41) is 14.2. The number of aromatic amines is 1. The summed E-state index contributed by atoms with van der Waals surface area (Å²) in [6.07, 6.45) is 5.77. The molecule has 4 aromatic rings. The van der Waals surface area contributed by atoms with Crippen LogP contribution in [0.25, 0.3) is 10.9 Å². The standard InChI is InChI=1S/C30H37N7O2/c1-20-17-21(2)27-22(18-20)19-26(30(38)31-27)28(29-32-33-34-37(29)24-7-5-4-6-8-24)36-15-13-35(14-16-36)23-9-11-25(39-3)12-10-23/h9-12,17-19,24,28H,4-8,13-16H2,1-3H3,(H,31,38). The van der Waals surface area contributed by atoms with Gasteiger partial charge in [-0.05, 0) is 84.5 Å². The number of H-pyrrole nitrogens is 1. The molecule has 2 aromatic heterocycles. The van der Waals surface area contributed by atoms with E-state index in [0.29, 0.717) is 5.56 Å². The van der Waals surface area contributed by atoms with Crippen molar-refractivity contribution in [2.24, 2.45) is 0 Å². The lowest BCUT2D eigenvalue weighted by molar-refractivity contribution is 0.192. The highest BCUT2D eigenvalue weighted by Crippen LogP contribution is 2.34. The number of methoxy groups -OCH3 is 1. The third-order valence-corrected chi connectivity index (χ3v) is 8.42. The van der Waals surface area contributed by atoms with E-state index in [1.165, 1.54) is 30.5 Å². The predicted molar refractivity (Wildman–Crippen MR) is 153 cm³/mol. The number of anilines is 1. The first-order valence-electron chi connectivity index (χ1n) is 14.1. The van der Waals surface area contributed by atoms with Crippen molar-refractivity contribution < 1.29 is 4.74 Å². The predicted octanol–water partition coefficient (Wildman–Crippen LogP) is 4.56. The number of hydrogen-bond acceptors (Lipinski definition) is 7. The van der Waals surface area contributed by atoms with E-state index in [1.54, 1.807) is 7.11 Å². The van der Waals surface area contributed by atoms with Crippen LogP contribution in [-0.4, -0.2) is 63.4 Å². The molecule has 39 heavy (non-hydrogen) atoms. The molecule has 0 radical (unpaired) electrons. The summed E-state index contributed by atoms with van der Waals surface area (Å²) in [6, 6.07) is 14.5. The van der Waals surface area contributed by atoms with Gasteiger partial charge in [0.05, 0.1) is 18.7 Å². The highest BCUT2D eigenvalue weighted by molar-refractivity contribution is 5.83. The average Bonchev–Trinajstić information content (AvgIpc) is 3.44. The Morgan fingerprint density at radius 1 is 0.974 bits per heavy atom. The van der Waals surface area contributed by atoms with Crippen LogP contribution in [0.5, 0.6) is 5.75 Å². The molecule has 1 N–H and O–H groups in total. The number of tetrazole rings is 1. The fourth-order valence-electron chi connectivity index (χ4n) is 6.40. The second-order valence-corrected chi connectivity index (χ2v) is 11.0. The van der Waals surface area contributed by atoms with Crippen LogP contribution in [0.15, 0.2) is 47.3 Å². The van der Waals surface area contributed by atoms with E-state index in [1.807, 2.05) is 23.7 Å². The normalized spacial score (nSPS) is 18.0. The van der Waals surface area contributed by atoms with E-state index < -0.39 is 0 Å². The van der Waals surface area contributed by atoms with E-state index in [4.69, 9.17) is 4.74 Å². The third kappa shape index (κ3) is 5.03. The van der Waals surface area contributed by atoms with Crippen molar-refractivity contribution in [3.63, 3.8) is 0 Å². The zero-order valence-corrected chi connectivity index (χ0v) is 23.1. The largest absolute Gasteiger partial charge is 0.497 e. The van der Waals surface area contributed by atoms with Gasteiger partial charge < -0.3 is 14.6 Å². The van der Waals surface area contributed by atoms with Gasteiger partial charge in [0.1, 0.15) is 11.8 Å². The van der Waals surface area contributed by atoms with Gasteiger partial charge in [0.15, 0.2) is 5.82 Å². The number of pyridine rings is 1. The Morgan fingerprint density at radius 2 is 1.72 bits per heavy atom. The first-order valence-corrected chi connectivity index (χ1v) is 14.1. The van der Waals surface area contributed by atoms with E-state index in [9.17, 15) is 4.79 Å². The van der Waals surface area contributed by atoms with Crippen LogP contribution < -0.4 is 15.2 Å². The van der Waals surface area contributed by atoms with Crippen LogP contribution in [0.2, 0.25) is 0 Å². The van der Waals surface area contributed by atoms with E-state index in [2.05, 4.69) is 67.6 Å². The quantitative estimate of drug-likeness (QED) is 0.393. The maximum atomic E-state index is 13.7. The van der Waals surface area contributed by atoms with Crippen molar-refractivity contribution in [2.45, 2.75) is 58.0 Å². The van der Waals surface area contributed by atoms with Gasteiger partial charge in [0.25, 0.3) is 5.56 Å². The van der Waals surface area contributed by atoms with Crippen molar-refractivity contribution in [2.75, 3.05) is 38.2 Å². The number of fused-ring (bicyclic) bond motifs is 1. The first-order chi connectivity index (χ1) is 19.0. The minimum atomic E-state index is -0.325. The van der Waals surface area contributed by atoms with Crippen LogP contribution in [0.4, 0.5) is 5.69 Å². The SMILES string of the molecule is COc1ccc(N2CCN(C(c3cc4cc(C)cc(C)c4[nH]c3=O)c3nnnn3C3CCCCC3)CC2)cc1. The highest BCUT2D eigenvalue weighted by atomic mass is 16.5. The summed E-state index contributed by atoms with van der Waals surface area (Å²) >= 11 is 0. The summed E-state index contributed by atoms with van der Waals surface area (Å²) in [4.78, 5) is 21.7. The van der Waals surface area contributed by atoms with Gasteiger partial charge in [0, 0.05) is 37.4 Å².